The second-order valence-corrected chi connectivity index (χ2v) is 9.24. The van der Waals surface area contributed by atoms with E-state index in [1.54, 1.807) is 29.9 Å². The number of ether oxygens (including phenoxy) is 1. The van der Waals surface area contributed by atoms with Gasteiger partial charge in [-0.25, -0.2) is 15.0 Å². The van der Waals surface area contributed by atoms with Crippen LogP contribution in [0.3, 0.4) is 0 Å². The average Bonchev–Trinajstić information content (AvgIpc) is 2.83. The molecular weight excluding hydrogens is 432 g/mol. The molecule has 0 bridgehead atoms. The van der Waals surface area contributed by atoms with Gasteiger partial charge in [-0.15, -0.1) is 11.8 Å². The fraction of sp³-hybridized carbons (Fsp3) is 0.429. The van der Waals surface area contributed by atoms with Gasteiger partial charge in [0.2, 0.25) is 5.95 Å². The van der Waals surface area contributed by atoms with Crippen molar-refractivity contribution in [3.8, 4) is 0 Å². The molecule has 4 rings (SSSR count). The van der Waals surface area contributed by atoms with Crippen LogP contribution in [0.2, 0.25) is 0 Å². The Hall–Kier alpha value is -2.14. The number of hydrogen-bond donors (Lipinski definition) is 2. The normalized spacial score (nSPS) is 15.3. The van der Waals surface area contributed by atoms with E-state index in [1.165, 1.54) is 10.5 Å². The maximum absolute atomic E-state index is 9.22. The summed E-state index contributed by atoms with van der Waals surface area (Å²) < 4.78 is 5.50. The molecule has 2 N–H and O–H groups in total. The van der Waals surface area contributed by atoms with Crippen LogP contribution in [0.5, 0.6) is 0 Å². The van der Waals surface area contributed by atoms with Crippen LogP contribution in [-0.4, -0.2) is 70.8 Å². The standard InChI is InChI=1S/C21H26N6O2S2/c1-14(15-3-5-16(30-2)6-4-15)31-20-18-17(23-13-24-20)19(27-8-11-29-12-9-27)26-21(25-18)22-7-10-28/h3-6,13-14,28H,7-12H2,1-2H3,(H,22,25,26). The molecule has 0 amide bonds. The number of thioether (sulfide) groups is 2. The Morgan fingerprint density at radius 3 is 2.61 bits per heavy atom. The second-order valence-electron chi connectivity index (χ2n) is 7.03. The maximum atomic E-state index is 9.22. The van der Waals surface area contributed by atoms with Gasteiger partial charge >= 0.3 is 0 Å². The molecule has 1 aliphatic rings. The zero-order valence-electron chi connectivity index (χ0n) is 17.6. The molecule has 0 aliphatic carbocycles. The number of fused-ring (bicyclic) bond motifs is 1. The molecule has 8 nitrogen and oxygen atoms in total. The summed E-state index contributed by atoms with van der Waals surface area (Å²) >= 11 is 3.39. The molecule has 1 aromatic carbocycles. The van der Waals surface area contributed by atoms with Gasteiger partial charge in [-0.3, -0.25) is 0 Å². The lowest BCUT2D eigenvalue weighted by Gasteiger charge is -2.28. The largest absolute Gasteiger partial charge is 0.395 e. The zero-order valence-corrected chi connectivity index (χ0v) is 19.2. The summed E-state index contributed by atoms with van der Waals surface area (Å²) in [5, 5.41) is 13.3. The molecule has 1 saturated heterocycles. The second kappa shape index (κ2) is 10.4. The quantitative estimate of drug-likeness (QED) is 0.387. The van der Waals surface area contributed by atoms with Crippen molar-refractivity contribution in [2.45, 2.75) is 22.1 Å². The van der Waals surface area contributed by atoms with E-state index in [1.807, 2.05) is 0 Å². The number of hydrogen-bond acceptors (Lipinski definition) is 10. The van der Waals surface area contributed by atoms with E-state index in [4.69, 9.17) is 14.7 Å². The highest BCUT2D eigenvalue weighted by atomic mass is 32.2. The molecule has 0 saturated carbocycles. The number of nitrogens with zero attached hydrogens (tertiary/aromatic N) is 5. The van der Waals surface area contributed by atoms with Gasteiger partial charge in [0.1, 0.15) is 22.4 Å². The van der Waals surface area contributed by atoms with Crippen molar-refractivity contribution < 1.29 is 9.84 Å². The van der Waals surface area contributed by atoms with Crippen molar-refractivity contribution in [3.63, 3.8) is 0 Å². The fourth-order valence-corrected chi connectivity index (χ4v) is 4.75. The Balaban J connectivity index is 1.70. The first-order valence-electron chi connectivity index (χ1n) is 10.2. The monoisotopic (exact) mass is 458 g/mol. The molecule has 0 radical (unpaired) electrons. The van der Waals surface area contributed by atoms with Crippen LogP contribution in [0.4, 0.5) is 11.8 Å². The third kappa shape index (κ3) is 5.20. The van der Waals surface area contributed by atoms with Gasteiger partial charge in [0, 0.05) is 29.8 Å². The van der Waals surface area contributed by atoms with Gasteiger partial charge in [0.15, 0.2) is 5.82 Å². The third-order valence-electron chi connectivity index (χ3n) is 5.01. The minimum Gasteiger partial charge on any atom is -0.395 e. The van der Waals surface area contributed by atoms with Gasteiger partial charge in [-0.05, 0) is 30.9 Å². The summed E-state index contributed by atoms with van der Waals surface area (Å²) in [5.74, 6) is 1.24. The Kier molecular flexibility index (Phi) is 7.44. The number of nitrogens with one attached hydrogen (secondary N) is 1. The minimum absolute atomic E-state index is 0.00422. The molecule has 10 heteroatoms. The van der Waals surface area contributed by atoms with E-state index in [-0.39, 0.29) is 11.9 Å². The maximum Gasteiger partial charge on any atom is 0.225 e. The van der Waals surface area contributed by atoms with E-state index >= 15 is 0 Å². The summed E-state index contributed by atoms with van der Waals surface area (Å²) in [4.78, 5) is 21.9. The highest BCUT2D eigenvalue weighted by Crippen LogP contribution is 2.38. The molecule has 31 heavy (non-hydrogen) atoms. The van der Waals surface area contributed by atoms with Crippen LogP contribution in [0.25, 0.3) is 11.0 Å². The number of aliphatic hydroxyl groups excluding tert-OH is 1. The Morgan fingerprint density at radius 2 is 1.90 bits per heavy atom. The summed E-state index contributed by atoms with van der Waals surface area (Å²) in [5.41, 5.74) is 2.69. The average molecular weight is 459 g/mol. The van der Waals surface area contributed by atoms with Crippen LogP contribution in [0.15, 0.2) is 40.5 Å². The lowest BCUT2D eigenvalue weighted by Crippen LogP contribution is -2.37. The predicted molar refractivity (Wildman–Crippen MR) is 126 cm³/mol. The molecule has 3 aromatic rings. The van der Waals surface area contributed by atoms with Gasteiger partial charge in [-0.1, -0.05) is 23.9 Å². The highest BCUT2D eigenvalue weighted by molar-refractivity contribution is 7.99. The van der Waals surface area contributed by atoms with Crippen LogP contribution in [0, 0.1) is 0 Å². The van der Waals surface area contributed by atoms with Gasteiger partial charge in [0.25, 0.3) is 0 Å². The first-order valence-corrected chi connectivity index (χ1v) is 12.3. The summed E-state index contributed by atoms with van der Waals surface area (Å²) in [6, 6.07) is 8.61. The van der Waals surface area contributed by atoms with E-state index in [9.17, 15) is 5.11 Å². The van der Waals surface area contributed by atoms with Crippen LogP contribution >= 0.6 is 23.5 Å². The van der Waals surface area contributed by atoms with Gasteiger partial charge in [0.05, 0.1) is 19.8 Å². The molecule has 1 fully saturated rings. The van der Waals surface area contributed by atoms with Crippen molar-refractivity contribution in [2.24, 2.45) is 0 Å². The number of aromatic nitrogens is 4. The number of morpholine rings is 1. The van der Waals surface area contributed by atoms with Gasteiger partial charge in [-0.2, -0.15) is 4.98 Å². The van der Waals surface area contributed by atoms with E-state index in [2.05, 4.69) is 57.6 Å². The topological polar surface area (TPSA) is 96.3 Å². The molecule has 0 spiro atoms. The summed E-state index contributed by atoms with van der Waals surface area (Å²) in [6.45, 7) is 5.35. The fourth-order valence-electron chi connectivity index (χ4n) is 3.35. The molecular formula is C21H26N6O2S2. The van der Waals surface area contributed by atoms with Crippen molar-refractivity contribution in [1.82, 2.24) is 19.9 Å². The van der Waals surface area contributed by atoms with Crippen molar-refractivity contribution in [1.29, 1.82) is 0 Å². The van der Waals surface area contributed by atoms with Crippen molar-refractivity contribution in [2.75, 3.05) is 55.9 Å². The number of benzene rings is 1. The Morgan fingerprint density at radius 1 is 1.13 bits per heavy atom. The molecule has 1 atom stereocenters. The molecule has 2 aromatic heterocycles. The van der Waals surface area contributed by atoms with Crippen LogP contribution in [-0.2, 0) is 4.74 Å². The smallest absolute Gasteiger partial charge is 0.225 e. The Labute approximate surface area is 190 Å². The van der Waals surface area contributed by atoms with Crippen molar-refractivity contribution >= 4 is 46.3 Å². The lowest BCUT2D eigenvalue weighted by molar-refractivity contribution is 0.122. The molecule has 3 heterocycles. The molecule has 164 valence electrons. The SMILES string of the molecule is CSc1ccc(C(C)Sc2ncnc3c(N4CCOCC4)nc(NCCO)nc23)cc1. The van der Waals surface area contributed by atoms with Crippen molar-refractivity contribution in [3.05, 3.63) is 36.2 Å². The first-order chi connectivity index (χ1) is 15.2. The summed E-state index contributed by atoms with van der Waals surface area (Å²) in [7, 11) is 0. The zero-order chi connectivity index (χ0) is 21.6. The van der Waals surface area contributed by atoms with Crippen LogP contribution in [0.1, 0.15) is 17.7 Å². The predicted octanol–water partition coefficient (Wildman–Crippen LogP) is 3.24. The molecule has 1 aliphatic heterocycles. The Bertz CT molecular complexity index is 1010. The molecule has 1 unspecified atom stereocenters. The number of anilines is 2. The van der Waals surface area contributed by atoms with Crippen LogP contribution < -0.4 is 10.2 Å². The highest BCUT2D eigenvalue weighted by Gasteiger charge is 2.21. The number of rotatable bonds is 8. The minimum atomic E-state index is 0.00422. The van der Waals surface area contributed by atoms with E-state index in [0.29, 0.717) is 25.7 Å². The number of aliphatic hydroxyl groups is 1. The lowest BCUT2D eigenvalue weighted by atomic mass is 10.2. The van der Waals surface area contributed by atoms with E-state index < -0.39 is 0 Å². The first kappa shape index (κ1) is 22.1. The summed E-state index contributed by atoms with van der Waals surface area (Å²) in [6.07, 6.45) is 3.66. The van der Waals surface area contributed by atoms with Gasteiger partial charge < -0.3 is 20.1 Å². The van der Waals surface area contributed by atoms with E-state index in [0.717, 1.165) is 35.0 Å². The third-order valence-corrected chi connectivity index (χ3v) is 6.90.